The Labute approximate surface area is 152 Å². The van der Waals surface area contributed by atoms with E-state index in [-0.39, 0.29) is 6.09 Å². The highest BCUT2D eigenvalue weighted by atomic mass is 16.6. The second-order valence-corrected chi connectivity index (χ2v) is 7.72. The molecule has 140 valence electrons. The third-order valence-electron chi connectivity index (χ3n) is 4.49. The molecule has 1 saturated heterocycles. The number of aromatic nitrogens is 1. The number of piperidine rings is 1. The molecule has 1 aromatic rings. The van der Waals surface area contributed by atoms with E-state index >= 15 is 0 Å². The van der Waals surface area contributed by atoms with Crippen LogP contribution in [0.4, 0.5) is 10.6 Å². The van der Waals surface area contributed by atoms with E-state index in [1.165, 1.54) is 37.8 Å². The molecular formula is C20H33N3O2. The van der Waals surface area contributed by atoms with Gasteiger partial charge in [-0.25, -0.2) is 9.78 Å². The Morgan fingerprint density at radius 2 is 2.08 bits per heavy atom. The molecule has 0 radical (unpaired) electrons. The predicted molar refractivity (Wildman–Crippen MR) is 102 cm³/mol. The van der Waals surface area contributed by atoms with E-state index in [2.05, 4.69) is 22.9 Å². The van der Waals surface area contributed by atoms with E-state index in [4.69, 9.17) is 4.74 Å². The molecule has 0 saturated carbocycles. The molecule has 2 heterocycles. The Bertz CT molecular complexity index is 549. The first-order chi connectivity index (χ1) is 11.9. The van der Waals surface area contributed by atoms with Crippen molar-refractivity contribution in [3.05, 3.63) is 23.9 Å². The lowest BCUT2D eigenvalue weighted by atomic mass is 9.96. The first-order valence-corrected chi connectivity index (χ1v) is 9.56. The van der Waals surface area contributed by atoms with Crippen molar-refractivity contribution >= 4 is 11.9 Å². The lowest BCUT2D eigenvalue weighted by Crippen LogP contribution is -2.37. The van der Waals surface area contributed by atoms with Crippen LogP contribution < -0.4 is 4.90 Å². The molecule has 1 aliphatic heterocycles. The summed E-state index contributed by atoms with van der Waals surface area (Å²) in [5, 5.41) is 0. The highest BCUT2D eigenvalue weighted by molar-refractivity contribution is 5.86. The Morgan fingerprint density at radius 3 is 2.64 bits per heavy atom. The number of anilines is 1. The number of carbonyl (C=O) groups excluding carboxylic acids is 1. The number of amides is 1. The van der Waals surface area contributed by atoms with Crippen LogP contribution in [0.15, 0.2) is 18.3 Å². The highest BCUT2D eigenvalue weighted by Gasteiger charge is 2.25. The molecule has 0 aliphatic carbocycles. The molecule has 2 rings (SSSR count). The van der Waals surface area contributed by atoms with Gasteiger partial charge >= 0.3 is 6.09 Å². The Balaban J connectivity index is 2.13. The molecule has 5 nitrogen and oxygen atoms in total. The molecule has 25 heavy (non-hydrogen) atoms. The standard InChI is InChI=1S/C20H33N3O2/c1-6-13-22-14-9-8-10-17(22)16-11-12-18(21-15-16)23(7-2)19(24)25-20(3,4)5/h11-12,15,17H,6-10,13-14H2,1-5H3/t17-/m0/s1. The van der Waals surface area contributed by atoms with Crippen molar-refractivity contribution in [1.29, 1.82) is 0 Å². The van der Waals surface area contributed by atoms with Crippen LogP contribution >= 0.6 is 0 Å². The van der Waals surface area contributed by atoms with E-state index < -0.39 is 5.60 Å². The number of ether oxygens (including phenoxy) is 1. The zero-order chi connectivity index (χ0) is 18.4. The Hall–Kier alpha value is -1.62. The minimum absolute atomic E-state index is 0.347. The molecule has 1 amide bonds. The minimum Gasteiger partial charge on any atom is -0.443 e. The van der Waals surface area contributed by atoms with Crippen LogP contribution in [0.3, 0.4) is 0 Å². The van der Waals surface area contributed by atoms with Crippen LogP contribution in [0.1, 0.15) is 71.9 Å². The van der Waals surface area contributed by atoms with E-state index in [1.54, 1.807) is 4.90 Å². The van der Waals surface area contributed by atoms with E-state index in [1.807, 2.05) is 40.0 Å². The number of pyridine rings is 1. The summed E-state index contributed by atoms with van der Waals surface area (Å²) < 4.78 is 5.48. The third-order valence-corrected chi connectivity index (χ3v) is 4.49. The molecule has 1 aromatic heterocycles. The fourth-order valence-electron chi connectivity index (χ4n) is 3.38. The molecule has 1 fully saturated rings. The quantitative estimate of drug-likeness (QED) is 0.769. The average Bonchev–Trinajstić information content (AvgIpc) is 2.55. The molecular weight excluding hydrogens is 314 g/mol. The fourth-order valence-corrected chi connectivity index (χ4v) is 3.38. The molecule has 0 aromatic carbocycles. The van der Waals surface area contributed by atoms with Gasteiger partial charge in [0.2, 0.25) is 0 Å². The van der Waals surface area contributed by atoms with Crippen LogP contribution in [0.2, 0.25) is 0 Å². The zero-order valence-electron chi connectivity index (χ0n) is 16.4. The molecule has 0 N–H and O–H groups in total. The SMILES string of the molecule is CCCN1CCCC[C@H]1c1ccc(N(CC)C(=O)OC(C)(C)C)nc1. The first-order valence-electron chi connectivity index (χ1n) is 9.56. The summed E-state index contributed by atoms with van der Waals surface area (Å²) in [4.78, 5) is 21.1. The lowest BCUT2D eigenvalue weighted by molar-refractivity contribution is 0.0581. The summed E-state index contributed by atoms with van der Waals surface area (Å²) in [6, 6.07) is 4.52. The second-order valence-electron chi connectivity index (χ2n) is 7.72. The minimum atomic E-state index is -0.507. The number of rotatable bonds is 5. The molecule has 5 heteroatoms. The first kappa shape index (κ1) is 19.7. The number of nitrogens with zero attached hydrogens (tertiary/aromatic N) is 3. The largest absolute Gasteiger partial charge is 0.443 e. The van der Waals surface area contributed by atoms with E-state index in [9.17, 15) is 4.79 Å². The van der Waals surface area contributed by atoms with Gasteiger partial charge in [-0.05, 0) is 71.7 Å². The van der Waals surface area contributed by atoms with Gasteiger partial charge in [0.15, 0.2) is 0 Å². The van der Waals surface area contributed by atoms with Crippen LogP contribution in [-0.4, -0.2) is 41.2 Å². The predicted octanol–water partition coefficient (Wildman–Crippen LogP) is 4.78. The van der Waals surface area contributed by atoms with Crippen LogP contribution in [-0.2, 0) is 4.74 Å². The van der Waals surface area contributed by atoms with Gasteiger partial charge in [0, 0.05) is 18.8 Å². The number of hydrogen-bond acceptors (Lipinski definition) is 4. The van der Waals surface area contributed by atoms with E-state index in [0.29, 0.717) is 18.4 Å². The summed E-state index contributed by atoms with van der Waals surface area (Å²) in [6.45, 7) is 12.6. The maximum Gasteiger partial charge on any atom is 0.415 e. The van der Waals surface area contributed by atoms with Gasteiger partial charge in [-0.2, -0.15) is 0 Å². The smallest absolute Gasteiger partial charge is 0.415 e. The maximum absolute atomic E-state index is 12.4. The Morgan fingerprint density at radius 1 is 1.32 bits per heavy atom. The van der Waals surface area contributed by atoms with Crippen LogP contribution in [0.25, 0.3) is 0 Å². The number of carbonyl (C=O) groups is 1. The maximum atomic E-state index is 12.4. The third kappa shape index (κ3) is 5.43. The monoisotopic (exact) mass is 347 g/mol. The summed E-state index contributed by atoms with van der Waals surface area (Å²) in [5.41, 5.74) is 0.741. The normalized spacial score (nSPS) is 18.8. The van der Waals surface area contributed by atoms with Crippen molar-refractivity contribution in [2.24, 2.45) is 0 Å². The summed E-state index contributed by atoms with van der Waals surface area (Å²) in [6.07, 6.45) is 6.49. The van der Waals surface area contributed by atoms with Crippen molar-refractivity contribution in [2.45, 2.75) is 71.9 Å². The summed E-state index contributed by atoms with van der Waals surface area (Å²) in [5.74, 6) is 0.651. The molecule has 0 spiro atoms. The number of hydrogen-bond donors (Lipinski definition) is 0. The van der Waals surface area contributed by atoms with Gasteiger partial charge in [-0.15, -0.1) is 0 Å². The van der Waals surface area contributed by atoms with Gasteiger partial charge in [-0.1, -0.05) is 19.4 Å². The highest BCUT2D eigenvalue weighted by Crippen LogP contribution is 2.31. The van der Waals surface area contributed by atoms with Gasteiger partial charge in [-0.3, -0.25) is 9.80 Å². The van der Waals surface area contributed by atoms with Crippen molar-refractivity contribution in [1.82, 2.24) is 9.88 Å². The van der Waals surface area contributed by atoms with Crippen molar-refractivity contribution in [2.75, 3.05) is 24.5 Å². The lowest BCUT2D eigenvalue weighted by Gasteiger charge is -2.35. The summed E-state index contributed by atoms with van der Waals surface area (Å²) >= 11 is 0. The second kappa shape index (κ2) is 8.65. The molecule has 1 aliphatic rings. The van der Waals surface area contributed by atoms with Gasteiger partial charge in [0.05, 0.1) is 0 Å². The summed E-state index contributed by atoms with van der Waals surface area (Å²) in [7, 11) is 0. The molecule has 0 bridgehead atoms. The molecule has 1 atom stereocenters. The van der Waals surface area contributed by atoms with Crippen molar-refractivity contribution in [3.63, 3.8) is 0 Å². The Kier molecular flexibility index (Phi) is 6.82. The van der Waals surface area contributed by atoms with Crippen LogP contribution in [0.5, 0.6) is 0 Å². The topological polar surface area (TPSA) is 45.7 Å². The number of likely N-dealkylation sites (tertiary alicyclic amines) is 1. The molecule has 0 unspecified atom stereocenters. The van der Waals surface area contributed by atoms with E-state index in [0.717, 1.165) is 6.54 Å². The van der Waals surface area contributed by atoms with Crippen molar-refractivity contribution < 1.29 is 9.53 Å². The average molecular weight is 348 g/mol. The van der Waals surface area contributed by atoms with Gasteiger partial charge < -0.3 is 4.74 Å². The van der Waals surface area contributed by atoms with Gasteiger partial charge in [0.25, 0.3) is 0 Å². The fraction of sp³-hybridized carbons (Fsp3) is 0.700. The van der Waals surface area contributed by atoms with Gasteiger partial charge in [0.1, 0.15) is 11.4 Å². The van der Waals surface area contributed by atoms with Crippen molar-refractivity contribution in [3.8, 4) is 0 Å². The van der Waals surface area contributed by atoms with Crippen LogP contribution in [0, 0.1) is 0 Å². The zero-order valence-corrected chi connectivity index (χ0v) is 16.4.